The Labute approximate surface area is 91.6 Å². The molecule has 1 heterocycles. The van der Waals surface area contributed by atoms with Crippen LogP contribution < -0.4 is 0 Å². The van der Waals surface area contributed by atoms with Crippen molar-refractivity contribution < 1.29 is 14.7 Å². The molecule has 0 saturated heterocycles. The Bertz CT molecular complexity index is 388. The van der Waals surface area contributed by atoms with Gasteiger partial charge in [-0.3, -0.25) is 4.79 Å². The summed E-state index contributed by atoms with van der Waals surface area (Å²) in [6.45, 7) is 1.44. The van der Waals surface area contributed by atoms with E-state index in [4.69, 9.17) is 16.7 Å². The number of hydrogen-bond donors (Lipinski definition) is 2. The van der Waals surface area contributed by atoms with Gasteiger partial charge in [-0.1, -0.05) is 11.6 Å². The third-order valence-electron chi connectivity index (χ3n) is 2.14. The molecule has 0 saturated carbocycles. The van der Waals surface area contributed by atoms with Crippen molar-refractivity contribution in [3.05, 3.63) is 23.0 Å². The molecule has 0 aromatic carbocycles. The Hall–Kier alpha value is -1.49. The lowest BCUT2D eigenvalue weighted by Crippen LogP contribution is -2.40. The number of likely N-dealkylation sites (N-methyl/N-ethyl adjacent to an activating group) is 1. The van der Waals surface area contributed by atoms with Crippen LogP contribution in [-0.4, -0.2) is 40.0 Å². The summed E-state index contributed by atoms with van der Waals surface area (Å²) >= 11 is 5.63. The highest BCUT2D eigenvalue weighted by molar-refractivity contribution is 6.30. The summed E-state index contributed by atoms with van der Waals surface area (Å²) in [6, 6.07) is 0.578. The van der Waals surface area contributed by atoms with E-state index in [9.17, 15) is 9.59 Å². The Morgan fingerprint density at radius 1 is 1.60 bits per heavy atom. The summed E-state index contributed by atoms with van der Waals surface area (Å²) in [6.07, 6.45) is 1.47. The number of hydrogen-bond acceptors (Lipinski definition) is 2. The number of carbonyl (C=O) groups excluding carboxylic acids is 1. The van der Waals surface area contributed by atoms with Crippen molar-refractivity contribution in [2.24, 2.45) is 0 Å². The summed E-state index contributed by atoms with van der Waals surface area (Å²) in [5, 5.41) is 9.14. The molecule has 0 aliphatic heterocycles. The van der Waals surface area contributed by atoms with Crippen LogP contribution in [0.1, 0.15) is 17.4 Å². The summed E-state index contributed by atoms with van der Waals surface area (Å²) in [5.41, 5.74) is 0.274. The van der Waals surface area contributed by atoms with Gasteiger partial charge in [-0.2, -0.15) is 0 Å². The van der Waals surface area contributed by atoms with Crippen LogP contribution in [0, 0.1) is 0 Å². The second-order valence-electron chi connectivity index (χ2n) is 3.16. The highest BCUT2D eigenvalue weighted by atomic mass is 35.5. The summed E-state index contributed by atoms with van der Waals surface area (Å²) in [4.78, 5) is 26.1. The first-order valence-electron chi connectivity index (χ1n) is 4.27. The van der Waals surface area contributed by atoms with Gasteiger partial charge in [-0.15, -0.1) is 0 Å². The Balaban J connectivity index is 2.81. The minimum atomic E-state index is -1.05. The van der Waals surface area contributed by atoms with Gasteiger partial charge >= 0.3 is 5.97 Å². The van der Waals surface area contributed by atoms with E-state index < -0.39 is 17.9 Å². The van der Waals surface area contributed by atoms with Crippen molar-refractivity contribution >= 4 is 23.5 Å². The van der Waals surface area contributed by atoms with Gasteiger partial charge in [-0.25, -0.2) is 4.79 Å². The second-order valence-corrected chi connectivity index (χ2v) is 3.60. The molecule has 0 aliphatic rings. The molecule has 6 heteroatoms. The van der Waals surface area contributed by atoms with E-state index in [1.807, 2.05) is 0 Å². The van der Waals surface area contributed by atoms with Crippen LogP contribution in [0.5, 0.6) is 0 Å². The maximum absolute atomic E-state index is 11.7. The fourth-order valence-electron chi connectivity index (χ4n) is 1.02. The molecule has 82 valence electrons. The zero-order chi connectivity index (χ0) is 11.6. The van der Waals surface area contributed by atoms with Crippen molar-refractivity contribution in [1.29, 1.82) is 0 Å². The third kappa shape index (κ3) is 2.50. The summed E-state index contributed by atoms with van der Waals surface area (Å²) in [5.74, 6) is -1.46. The molecule has 0 bridgehead atoms. The fraction of sp³-hybridized carbons (Fsp3) is 0.333. The maximum Gasteiger partial charge on any atom is 0.326 e. The first-order valence-corrected chi connectivity index (χ1v) is 4.65. The molecule has 1 aromatic rings. The molecule has 0 aliphatic carbocycles. The molecule has 0 radical (unpaired) electrons. The number of aliphatic carboxylic acids is 1. The zero-order valence-electron chi connectivity index (χ0n) is 8.32. The van der Waals surface area contributed by atoms with Gasteiger partial charge in [-0.05, 0) is 13.0 Å². The van der Waals surface area contributed by atoms with E-state index in [1.165, 1.54) is 26.2 Å². The molecular formula is C9H11ClN2O3. The Kier molecular flexibility index (Phi) is 3.36. The minimum Gasteiger partial charge on any atom is -0.480 e. The van der Waals surface area contributed by atoms with Gasteiger partial charge in [0.15, 0.2) is 0 Å². The summed E-state index contributed by atoms with van der Waals surface area (Å²) < 4.78 is 0. The average Bonchev–Trinajstić information content (AvgIpc) is 2.61. The molecule has 0 fully saturated rings. The van der Waals surface area contributed by atoms with E-state index in [2.05, 4.69) is 4.98 Å². The lowest BCUT2D eigenvalue weighted by atomic mass is 10.2. The number of aromatic nitrogens is 1. The van der Waals surface area contributed by atoms with Crippen molar-refractivity contribution in [2.45, 2.75) is 13.0 Å². The number of H-pyrrole nitrogens is 1. The van der Waals surface area contributed by atoms with Crippen LogP contribution in [-0.2, 0) is 4.79 Å². The van der Waals surface area contributed by atoms with Crippen LogP contribution in [0.3, 0.4) is 0 Å². The number of carboxylic acids is 1. The first-order chi connectivity index (χ1) is 6.93. The SMILES string of the molecule is CC(C(=O)O)N(C)C(=O)c1cc(Cl)c[nH]1. The number of rotatable bonds is 3. The number of carboxylic acid groups (broad SMARTS) is 1. The molecule has 1 aromatic heterocycles. The van der Waals surface area contributed by atoms with Crippen LogP contribution >= 0.6 is 11.6 Å². The largest absolute Gasteiger partial charge is 0.480 e. The highest BCUT2D eigenvalue weighted by Crippen LogP contribution is 2.12. The number of carbonyl (C=O) groups is 2. The number of nitrogens with one attached hydrogen (secondary N) is 1. The van der Waals surface area contributed by atoms with E-state index >= 15 is 0 Å². The van der Waals surface area contributed by atoms with E-state index in [1.54, 1.807) is 0 Å². The highest BCUT2D eigenvalue weighted by Gasteiger charge is 2.23. The molecule has 1 amide bonds. The first kappa shape index (κ1) is 11.6. The normalized spacial score (nSPS) is 12.2. The fourth-order valence-corrected chi connectivity index (χ4v) is 1.19. The topological polar surface area (TPSA) is 73.4 Å². The van der Waals surface area contributed by atoms with Crippen molar-refractivity contribution in [3.63, 3.8) is 0 Å². The van der Waals surface area contributed by atoms with Crippen molar-refractivity contribution in [2.75, 3.05) is 7.05 Å². The lowest BCUT2D eigenvalue weighted by Gasteiger charge is -2.20. The number of nitrogens with zero attached hydrogens (tertiary/aromatic N) is 1. The molecule has 0 spiro atoms. The molecule has 1 unspecified atom stereocenters. The number of amides is 1. The van der Waals surface area contributed by atoms with Crippen molar-refractivity contribution in [1.82, 2.24) is 9.88 Å². The molecule has 5 nitrogen and oxygen atoms in total. The zero-order valence-corrected chi connectivity index (χ0v) is 9.08. The Morgan fingerprint density at radius 2 is 2.20 bits per heavy atom. The van der Waals surface area contributed by atoms with Gasteiger partial charge in [0.2, 0.25) is 0 Å². The summed E-state index contributed by atoms with van der Waals surface area (Å²) in [7, 11) is 1.43. The van der Waals surface area contributed by atoms with E-state index in [-0.39, 0.29) is 5.69 Å². The smallest absolute Gasteiger partial charge is 0.326 e. The maximum atomic E-state index is 11.7. The molecule has 1 atom stereocenters. The Morgan fingerprint density at radius 3 is 2.60 bits per heavy atom. The second kappa shape index (κ2) is 4.35. The average molecular weight is 231 g/mol. The van der Waals surface area contributed by atoms with Gasteiger partial charge in [0.05, 0.1) is 5.02 Å². The third-order valence-corrected chi connectivity index (χ3v) is 2.36. The molecule has 2 N–H and O–H groups in total. The molecule has 15 heavy (non-hydrogen) atoms. The van der Waals surface area contributed by atoms with E-state index in [0.29, 0.717) is 5.02 Å². The van der Waals surface area contributed by atoms with Gasteiger partial charge in [0.25, 0.3) is 5.91 Å². The van der Waals surface area contributed by atoms with Crippen LogP contribution in [0.2, 0.25) is 5.02 Å². The predicted molar refractivity (Wildman–Crippen MR) is 55.0 cm³/mol. The minimum absolute atomic E-state index is 0.274. The quantitative estimate of drug-likeness (QED) is 0.820. The predicted octanol–water partition coefficient (Wildman–Crippen LogP) is 1.21. The van der Waals surface area contributed by atoms with Gasteiger partial charge in [0.1, 0.15) is 11.7 Å². The number of halogens is 1. The lowest BCUT2D eigenvalue weighted by molar-refractivity contribution is -0.141. The monoisotopic (exact) mass is 230 g/mol. The molecule has 1 rings (SSSR count). The van der Waals surface area contributed by atoms with Gasteiger partial charge in [0, 0.05) is 13.2 Å². The van der Waals surface area contributed by atoms with Crippen molar-refractivity contribution in [3.8, 4) is 0 Å². The van der Waals surface area contributed by atoms with E-state index in [0.717, 1.165) is 4.90 Å². The van der Waals surface area contributed by atoms with Crippen LogP contribution in [0.4, 0.5) is 0 Å². The van der Waals surface area contributed by atoms with Crippen LogP contribution in [0.15, 0.2) is 12.3 Å². The van der Waals surface area contributed by atoms with Crippen LogP contribution in [0.25, 0.3) is 0 Å². The standard InChI is InChI=1S/C9H11ClN2O3/c1-5(9(14)15)12(2)8(13)7-3-6(10)4-11-7/h3-5,11H,1-2H3,(H,14,15). The van der Waals surface area contributed by atoms with Gasteiger partial charge < -0.3 is 15.0 Å². The number of aromatic amines is 1. The molecular weight excluding hydrogens is 220 g/mol.